The number of anilines is 1. The zero-order chi connectivity index (χ0) is 10.8. The molecule has 0 saturated carbocycles. The Bertz CT molecular complexity index is 399. The Labute approximate surface area is 89.7 Å². The third kappa shape index (κ3) is 2.02. The molecule has 0 saturated heterocycles. The average molecular weight is 204 g/mol. The van der Waals surface area contributed by atoms with Crippen molar-refractivity contribution in [1.29, 1.82) is 0 Å². The number of aryl methyl sites for hydroxylation is 2. The lowest BCUT2D eigenvalue weighted by Crippen LogP contribution is -2.04. The van der Waals surface area contributed by atoms with Crippen LogP contribution in [0.4, 0.5) is 5.69 Å². The standard InChI is InChI=1S/C12H16N2O/c1-8-5-9(3-2-4-13)6-10-7-11(15)14-12(8)10/h5-6H,2-4,7,13H2,1H3,(H,14,15). The Kier molecular flexibility index (Phi) is 2.73. The third-order valence-corrected chi connectivity index (χ3v) is 2.76. The molecule has 0 fully saturated rings. The molecule has 1 amide bonds. The van der Waals surface area contributed by atoms with E-state index in [9.17, 15) is 4.79 Å². The van der Waals surface area contributed by atoms with Gasteiger partial charge in [0.2, 0.25) is 5.91 Å². The summed E-state index contributed by atoms with van der Waals surface area (Å²) < 4.78 is 0. The van der Waals surface area contributed by atoms with Crippen LogP contribution < -0.4 is 11.1 Å². The highest BCUT2D eigenvalue weighted by Crippen LogP contribution is 2.28. The van der Waals surface area contributed by atoms with Gasteiger partial charge in [0.25, 0.3) is 0 Å². The number of carbonyl (C=O) groups excluding carboxylic acids is 1. The van der Waals surface area contributed by atoms with E-state index >= 15 is 0 Å². The first-order chi connectivity index (χ1) is 7.20. The minimum Gasteiger partial charge on any atom is -0.330 e. The van der Waals surface area contributed by atoms with Gasteiger partial charge in [0, 0.05) is 5.69 Å². The Hall–Kier alpha value is -1.35. The summed E-state index contributed by atoms with van der Waals surface area (Å²) in [6.07, 6.45) is 2.52. The summed E-state index contributed by atoms with van der Waals surface area (Å²) in [5, 5.41) is 2.89. The second-order valence-corrected chi connectivity index (χ2v) is 4.06. The molecule has 0 aliphatic carbocycles. The predicted octanol–water partition coefficient (Wildman–Crippen LogP) is 1.38. The molecule has 0 bridgehead atoms. The van der Waals surface area contributed by atoms with Gasteiger partial charge in [-0.1, -0.05) is 12.1 Å². The molecule has 1 heterocycles. The molecule has 0 atom stereocenters. The predicted molar refractivity (Wildman–Crippen MR) is 60.9 cm³/mol. The molecule has 1 aliphatic rings. The number of nitrogens with two attached hydrogens (primary N) is 1. The number of nitrogens with one attached hydrogen (secondary N) is 1. The molecular weight excluding hydrogens is 188 g/mol. The lowest BCUT2D eigenvalue weighted by molar-refractivity contribution is -0.115. The lowest BCUT2D eigenvalue weighted by atomic mass is 10.0. The van der Waals surface area contributed by atoms with Gasteiger partial charge in [-0.3, -0.25) is 4.79 Å². The normalized spacial score (nSPS) is 13.9. The quantitative estimate of drug-likeness (QED) is 0.781. The number of fused-ring (bicyclic) bond motifs is 1. The van der Waals surface area contributed by atoms with Crippen LogP contribution in [-0.4, -0.2) is 12.5 Å². The van der Waals surface area contributed by atoms with Gasteiger partial charge in [-0.05, 0) is 43.0 Å². The molecule has 0 spiro atoms. The largest absolute Gasteiger partial charge is 0.330 e. The van der Waals surface area contributed by atoms with E-state index in [0.29, 0.717) is 13.0 Å². The fourth-order valence-electron chi connectivity index (χ4n) is 2.07. The van der Waals surface area contributed by atoms with Crippen molar-refractivity contribution in [3.05, 3.63) is 28.8 Å². The molecule has 1 aromatic rings. The molecule has 15 heavy (non-hydrogen) atoms. The number of hydrogen-bond acceptors (Lipinski definition) is 2. The van der Waals surface area contributed by atoms with Crippen molar-refractivity contribution in [2.45, 2.75) is 26.2 Å². The fraction of sp³-hybridized carbons (Fsp3) is 0.417. The smallest absolute Gasteiger partial charge is 0.228 e. The van der Waals surface area contributed by atoms with E-state index in [0.717, 1.165) is 29.7 Å². The van der Waals surface area contributed by atoms with Crippen molar-refractivity contribution < 1.29 is 4.79 Å². The van der Waals surface area contributed by atoms with Crippen LogP contribution in [0.1, 0.15) is 23.1 Å². The number of amides is 1. The molecule has 1 aromatic carbocycles. The van der Waals surface area contributed by atoms with Crippen LogP contribution >= 0.6 is 0 Å². The molecule has 1 aliphatic heterocycles. The van der Waals surface area contributed by atoms with Gasteiger partial charge in [0.1, 0.15) is 0 Å². The molecule has 3 heteroatoms. The summed E-state index contributed by atoms with van der Waals surface area (Å²) >= 11 is 0. The second-order valence-electron chi connectivity index (χ2n) is 4.06. The van der Waals surface area contributed by atoms with E-state index in [1.807, 2.05) is 6.92 Å². The zero-order valence-corrected chi connectivity index (χ0v) is 8.97. The third-order valence-electron chi connectivity index (χ3n) is 2.76. The molecule has 80 valence electrons. The van der Waals surface area contributed by atoms with Gasteiger partial charge in [-0.2, -0.15) is 0 Å². The highest BCUT2D eigenvalue weighted by molar-refractivity contribution is 6.00. The maximum Gasteiger partial charge on any atom is 0.228 e. The summed E-state index contributed by atoms with van der Waals surface area (Å²) in [4.78, 5) is 11.2. The summed E-state index contributed by atoms with van der Waals surface area (Å²) in [6.45, 7) is 2.75. The first kappa shape index (κ1) is 10.2. The van der Waals surface area contributed by atoms with Gasteiger partial charge in [-0.25, -0.2) is 0 Å². The van der Waals surface area contributed by atoms with Crippen LogP contribution in [0, 0.1) is 6.92 Å². The average Bonchev–Trinajstić information content (AvgIpc) is 2.56. The monoisotopic (exact) mass is 204 g/mol. The van der Waals surface area contributed by atoms with E-state index in [1.165, 1.54) is 5.56 Å². The highest BCUT2D eigenvalue weighted by Gasteiger charge is 2.19. The van der Waals surface area contributed by atoms with E-state index in [2.05, 4.69) is 17.4 Å². The minimum absolute atomic E-state index is 0.101. The van der Waals surface area contributed by atoms with Crippen molar-refractivity contribution >= 4 is 11.6 Å². The molecule has 3 nitrogen and oxygen atoms in total. The zero-order valence-electron chi connectivity index (χ0n) is 8.97. The van der Waals surface area contributed by atoms with Crippen LogP contribution in [0.25, 0.3) is 0 Å². The van der Waals surface area contributed by atoms with Crippen molar-refractivity contribution in [2.75, 3.05) is 11.9 Å². The number of hydrogen-bond donors (Lipinski definition) is 2. The van der Waals surface area contributed by atoms with Crippen LogP contribution in [0.15, 0.2) is 12.1 Å². The van der Waals surface area contributed by atoms with E-state index < -0.39 is 0 Å². The Balaban J connectivity index is 2.27. The molecule has 0 unspecified atom stereocenters. The summed E-state index contributed by atoms with van der Waals surface area (Å²) in [5.74, 6) is 0.101. The Morgan fingerprint density at radius 2 is 2.27 bits per heavy atom. The summed E-state index contributed by atoms with van der Waals surface area (Å²) in [6, 6.07) is 4.26. The molecule has 0 radical (unpaired) electrons. The Morgan fingerprint density at radius 1 is 1.47 bits per heavy atom. The topological polar surface area (TPSA) is 55.1 Å². The maximum absolute atomic E-state index is 11.2. The number of carbonyl (C=O) groups is 1. The molecule has 0 aromatic heterocycles. The maximum atomic E-state index is 11.2. The van der Waals surface area contributed by atoms with Gasteiger partial charge >= 0.3 is 0 Å². The van der Waals surface area contributed by atoms with Crippen molar-refractivity contribution in [2.24, 2.45) is 5.73 Å². The summed E-state index contributed by atoms with van der Waals surface area (Å²) in [5.41, 5.74) is 10.1. The number of benzene rings is 1. The molecule has 2 rings (SSSR count). The first-order valence-corrected chi connectivity index (χ1v) is 5.33. The Morgan fingerprint density at radius 3 is 3.00 bits per heavy atom. The SMILES string of the molecule is Cc1cc(CCCN)cc2c1NC(=O)C2. The van der Waals surface area contributed by atoms with E-state index in [1.54, 1.807) is 0 Å². The minimum atomic E-state index is 0.101. The highest BCUT2D eigenvalue weighted by atomic mass is 16.1. The van der Waals surface area contributed by atoms with Crippen LogP contribution in [0.3, 0.4) is 0 Å². The van der Waals surface area contributed by atoms with Gasteiger partial charge in [0.15, 0.2) is 0 Å². The van der Waals surface area contributed by atoms with Crippen molar-refractivity contribution in [3.63, 3.8) is 0 Å². The van der Waals surface area contributed by atoms with E-state index in [-0.39, 0.29) is 5.91 Å². The lowest BCUT2D eigenvalue weighted by Gasteiger charge is -2.07. The van der Waals surface area contributed by atoms with Crippen LogP contribution in [-0.2, 0) is 17.6 Å². The van der Waals surface area contributed by atoms with Crippen LogP contribution in [0.2, 0.25) is 0 Å². The first-order valence-electron chi connectivity index (χ1n) is 5.33. The molecular formula is C12H16N2O. The van der Waals surface area contributed by atoms with Gasteiger partial charge in [-0.15, -0.1) is 0 Å². The van der Waals surface area contributed by atoms with Gasteiger partial charge in [0.05, 0.1) is 6.42 Å². The van der Waals surface area contributed by atoms with Crippen LogP contribution in [0.5, 0.6) is 0 Å². The number of rotatable bonds is 3. The second kappa shape index (κ2) is 4.03. The van der Waals surface area contributed by atoms with Crippen molar-refractivity contribution in [1.82, 2.24) is 0 Å². The summed E-state index contributed by atoms with van der Waals surface area (Å²) in [7, 11) is 0. The fourth-order valence-corrected chi connectivity index (χ4v) is 2.07. The van der Waals surface area contributed by atoms with E-state index in [4.69, 9.17) is 5.73 Å². The van der Waals surface area contributed by atoms with Gasteiger partial charge < -0.3 is 11.1 Å². The van der Waals surface area contributed by atoms with Crippen molar-refractivity contribution in [3.8, 4) is 0 Å². The molecule has 3 N–H and O–H groups in total.